The van der Waals surface area contributed by atoms with Crippen molar-refractivity contribution in [3.05, 3.63) is 155 Å². The van der Waals surface area contributed by atoms with Crippen LogP contribution in [-0.4, -0.2) is 0 Å². The van der Waals surface area contributed by atoms with Gasteiger partial charge in [-0.05, 0) is 108 Å². The second kappa shape index (κ2) is 12.6. The van der Waals surface area contributed by atoms with Crippen molar-refractivity contribution in [3.8, 4) is 33.6 Å². The first-order valence-electron chi connectivity index (χ1n) is 19.8. The van der Waals surface area contributed by atoms with E-state index in [1.807, 2.05) is 0 Å². The second-order valence-corrected chi connectivity index (χ2v) is 18.1. The summed E-state index contributed by atoms with van der Waals surface area (Å²) in [5.41, 5.74) is 17.6. The van der Waals surface area contributed by atoms with Crippen molar-refractivity contribution in [3.63, 3.8) is 0 Å². The Bertz CT molecular complexity index is 2840. The van der Waals surface area contributed by atoms with Crippen molar-refractivity contribution in [1.29, 1.82) is 0 Å². The number of furan rings is 1. The standard InChI is InChI=1S/C51H48N2OS/c1-8-33-28-52-29-41(46-31(3)12-11-13-32(46)4)42(51(5,6)7)26-44(52)47-34(18-20-39-38-21-23-45-40(24-25-55-45)49(38)54-50(39)47)17-19-37-35-14-9-10-15-36(35)43-22-16-30(2)27-53(43)48(33)37/h8-16,18,20-27,29,33,37,48H,1,17,19,28H2,2-7H3/q+2. The first-order valence-corrected chi connectivity index (χ1v) is 20.7. The molecule has 2 aliphatic heterocycles. The number of allylic oxidation sites excluding steroid dienone is 1. The quantitative estimate of drug-likeness (QED) is 0.128. The van der Waals surface area contributed by atoms with Crippen molar-refractivity contribution in [1.82, 2.24) is 0 Å². The summed E-state index contributed by atoms with van der Waals surface area (Å²) in [5, 5.41) is 5.74. The lowest BCUT2D eigenvalue weighted by atomic mass is 9.74. The minimum absolute atomic E-state index is 0.109. The molecule has 0 radical (unpaired) electrons. The van der Waals surface area contributed by atoms with E-state index in [1.165, 1.54) is 87.9 Å². The van der Waals surface area contributed by atoms with Crippen LogP contribution < -0.4 is 9.13 Å². The van der Waals surface area contributed by atoms with E-state index in [1.54, 1.807) is 11.3 Å². The summed E-state index contributed by atoms with van der Waals surface area (Å²) in [6, 6.07) is 34.6. The molecule has 3 atom stereocenters. The van der Waals surface area contributed by atoms with Crippen LogP contribution in [0.15, 0.2) is 126 Å². The van der Waals surface area contributed by atoms with Crippen LogP contribution in [0.2, 0.25) is 0 Å². The molecule has 4 aromatic carbocycles. The molecule has 0 bridgehead atoms. The van der Waals surface area contributed by atoms with Gasteiger partial charge in [0.2, 0.25) is 11.4 Å². The predicted molar refractivity (Wildman–Crippen MR) is 229 cm³/mol. The number of rotatable bonds is 2. The maximum Gasteiger partial charge on any atom is 0.216 e. The Morgan fingerprint density at radius 3 is 2.35 bits per heavy atom. The lowest BCUT2D eigenvalue weighted by Crippen LogP contribution is -2.54. The number of aryl methyl sites for hydroxylation is 4. The molecule has 4 heteroatoms. The summed E-state index contributed by atoms with van der Waals surface area (Å²) < 4.78 is 13.6. The summed E-state index contributed by atoms with van der Waals surface area (Å²) in [6.45, 7) is 19.2. The monoisotopic (exact) mass is 736 g/mol. The Labute approximate surface area is 328 Å². The van der Waals surface area contributed by atoms with Crippen molar-refractivity contribution < 1.29 is 13.6 Å². The molecule has 2 aliphatic rings. The predicted octanol–water partition coefficient (Wildman–Crippen LogP) is 12.7. The van der Waals surface area contributed by atoms with Crippen molar-refractivity contribution >= 4 is 43.4 Å². The Morgan fingerprint density at radius 1 is 0.764 bits per heavy atom. The molecule has 3 unspecified atom stereocenters. The molecule has 0 aliphatic carbocycles. The van der Waals surface area contributed by atoms with Gasteiger partial charge in [-0.3, -0.25) is 0 Å². The van der Waals surface area contributed by atoms with Gasteiger partial charge >= 0.3 is 0 Å². The highest BCUT2D eigenvalue weighted by molar-refractivity contribution is 7.17. The van der Waals surface area contributed by atoms with Gasteiger partial charge < -0.3 is 4.42 Å². The molecule has 8 aromatic rings. The highest BCUT2D eigenvalue weighted by Crippen LogP contribution is 2.48. The van der Waals surface area contributed by atoms with Crippen LogP contribution in [0, 0.1) is 26.7 Å². The average molecular weight is 737 g/mol. The topological polar surface area (TPSA) is 20.9 Å². The fraction of sp³-hybridized carbons (Fsp3) is 0.255. The maximum absolute atomic E-state index is 7.17. The molecular formula is C51H48N2OS+2. The van der Waals surface area contributed by atoms with Gasteiger partial charge in [0, 0.05) is 50.0 Å². The van der Waals surface area contributed by atoms with Gasteiger partial charge in [-0.1, -0.05) is 75.4 Å². The van der Waals surface area contributed by atoms with Gasteiger partial charge in [0.25, 0.3) is 0 Å². The van der Waals surface area contributed by atoms with Crippen molar-refractivity contribution in [2.75, 3.05) is 0 Å². The molecule has 272 valence electrons. The van der Waals surface area contributed by atoms with E-state index in [4.69, 9.17) is 4.42 Å². The van der Waals surface area contributed by atoms with Crippen LogP contribution in [0.1, 0.15) is 72.5 Å². The fourth-order valence-corrected chi connectivity index (χ4v) is 10.9. The van der Waals surface area contributed by atoms with Crippen molar-refractivity contribution in [2.45, 2.75) is 78.3 Å². The van der Waals surface area contributed by atoms with E-state index in [-0.39, 0.29) is 17.4 Å². The lowest BCUT2D eigenvalue weighted by molar-refractivity contribution is -0.746. The maximum atomic E-state index is 7.17. The molecule has 0 saturated carbocycles. The third-order valence-electron chi connectivity index (χ3n) is 12.7. The molecule has 0 saturated heterocycles. The SMILES string of the molecule is C=CC1C[n+]2cc(-c3c(C)cccc3C)c(C(C)(C)C)cc2-c2c(ccc3c2oc2c4ccsc4ccc32)CCC2c3ccccc3-c3ccc(C)c[n+]3C12. The van der Waals surface area contributed by atoms with Gasteiger partial charge in [0.15, 0.2) is 25.0 Å². The number of fused-ring (bicyclic) bond motifs is 15. The number of nitrogens with zero attached hydrogens (tertiary/aromatic N) is 2. The molecule has 4 aromatic heterocycles. The molecule has 0 spiro atoms. The van der Waals surface area contributed by atoms with Crippen LogP contribution in [0.5, 0.6) is 0 Å². The van der Waals surface area contributed by atoms with Crippen LogP contribution in [-0.2, 0) is 18.4 Å². The van der Waals surface area contributed by atoms with Gasteiger partial charge in [0.05, 0.1) is 17.0 Å². The van der Waals surface area contributed by atoms with E-state index in [2.05, 4.69) is 172 Å². The first-order chi connectivity index (χ1) is 26.6. The van der Waals surface area contributed by atoms with E-state index in [0.29, 0.717) is 5.92 Å². The number of aromatic nitrogens is 2. The Balaban J connectivity index is 1.31. The minimum Gasteiger partial charge on any atom is -0.454 e. The van der Waals surface area contributed by atoms with Crippen LogP contribution in [0.3, 0.4) is 0 Å². The summed E-state index contributed by atoms with van der Waals surface area (Å²) in [7, 11) is 0. The number of pyridine rings is 2. The van der Waals surface area contributed by atoms with Gasteiger partial charge in [-0.2, -0.15) is 9.13 Å². The molecule has 0 fully saturated rings. The number of benzene rings is 4. The molecule has 0 amide bonds. The van der Waals surface area contributed by atoms with Gasteiger partial charge in [-0.15, -0.1) is 17.9 Å². The molecular weight excluding hydrogens is 689 g/mol. The molecule has 6 heterocycles. The van der Waals surface area contributed by atoms with E-state index in [9.17, 15) is 0 Å². The van der Waals surface area contributed by atoms with Gasteiger partial charge in [0.1, 0.15) is 11.2 Å². The first kappa shape index (κ1) is 34.2. The average Bonchev–Trinajstić information content (AvgIpc) is 3.80. The van der Waals surface area contributed by atoms with Crippen LogP contribution in [0.25, 0.3) is 65.7 Å². The third kappa shape index (κ3) is 5.28. The van der Waals surface area contributed by atoms with E-state index < -0.39 is 0 Å². The zero-order valence-electron chi connectivity index (χ0n) is 32.7. The zero-order chi connectivity index (χ0) is 37.7. The highest BCUT2D eigenvalue weighted by Gasteiger charge is 2.46. The normalized spacial score (nSPS) is 18.0. The Morgan fingerprint density at radius 2 is 1.55 bits per heavy atom. The fourth-order valence-electron chi connectivity index (χ4n) is 10.1. The molecule has 0 N–H and O–H groups in total. The second-order valence-electron chi connectivity index (χ2n) is 17.1. The minimum atomic E-state index is -0.109. The summed E-state index contributed by atoms with van der Waals surface area (Å²) in [5.74, 6) is 0.457. The largest absolute Gasteiger partial charge is 0.454 e. The Hall–Kier alpha value is -5.32. The number of hydrogen-bond donors (Lipinski definition) is 0. The number of thiophene rings is 1. The van der Waals surface area contributed by atoms with Crippen LogP contribution in [0.4, 0.5) is 0 Å². The van der Waals surface area contributed by atoms with E-state index >= 15 is 0 Å². The summed E-state index contributed by atoms with van der Waals surface area (Å²) in [4.78, 5) is 0. The molecule has 3 nitrogen and oxygen atoms in total. The smallest absolute Gasteiger partial charge is 0.216 e. The van der Waals surface area contributed by atoms with Crippen LogP contribution >= 0.6 is 11.3 Å². The molecule has 10 rings (SSSR count). The molecule has 55 heavy (non-hydrogen) atoms. The number of hydrogen-bond acceptors (Lipinski definition) is 2. The van der Waals surface area contributed by atoms with E-state index in [0.717, 1.165) is 30.6 Å². The van der Waals surface area contributed by atoms with Crippen molar-refractivity contribution in [2.24, 2.45) is 5.92 Å². The third-order valence-corrected chi connectivity index (χ3v) is 13.6. The highest BCUT2D eigenvalue weighted by atomic mass is 32.1. The zero-order valence-corrected chi connectivity index (χ0v) is 33.6. The lowest BCUT2D eigenvalue weighted by Gasteiger charge is -2.34. The van der Waals surface area contributed by atoms with Gasteiger partial charge in [-0.25, -0.2) is 0 Å². The summed E-state index contributed by atoms with van der Waals surface area (Å²) in [6.07, 6.45) is 9.07. The summed E-state index contributed by atoms with van der Waals surface area (Å²) >= 11 is 1.78. The Kier molecular flexibility index (Phi) is 7.84.